The molecule has 4 rings (SSSR count). The van der Waals surface area contributed by atoms with E-state index < -0.39 is 30.1 Å². The van der Waals surface area contributed by atoms with Crippen LogP contribution < -0.4 is 10.1 Å². The highest BCUT2D eigenvalue weighted by Crippen LogP contribution is 2.29. The smallest absolute Gasteiger partial charge is 0.479 e. The monoisotopic (exact) mass is 494 g/mol. The Hall–Kier alpha value is -4.18. The highest BCUT2D eigenvalue weighted by molar-refractivity contribution is 7.10. The molecule has 0 spiro atoms. The maximum atomic E-state index is 12.6. The Morgan fingerprint density at radius 1 is 1.06 bits per heavy atom. The van der Waals surface area contributed by atoms with E-state index >= 15 is 0 Å². The van der Waals surface area contributed by atoms with Gasteiger partial charge in [0.15, 0.2) is 6.04 Å². The Bertz CT molecular complexity index is 1200. The minimum Gasteiger partial charge on any atom is -0.479 e. The van der Waals surface area contributed by atoms with Crippen molar-refractivity contribution in [1.29, 1.82) is 0 Å². The van der Waals surface area contributed by atoms with Crippen molar-refractivity contribution in [2.24, 2.45) is 0 Å². The summed E-state index contributed by atoms with van der Waals surface area (Å²) in [6.07, 6.45) is -0.727. The summed E-state index contributed by atoms with van der Waals surface area (Å²) in [7, 11) is 0. The SMILES string of the molecule is O=C(Cc1cccs1)NC1CN(C(C(=O)O)c2ccc(OC(=O)OCc3ccccc3)cc2)C1=O. The number of thiophene rings is 1. The Labute approximate surface area is 204 Å². The van der Waals surface area contributed by atoms with Crippen molar-refractivity contribution >= 4 is 35.3 Å². The fourth-order valence-corrected chi connectivity index (χ4v) is 4.33. The molecule has 2 amide bonds. The van der Waals surface area contributed by atoms with E-state index in [4.69, 9.17) is 9.47 Å². The Morgan fingerprint density at radius 2 is 1.80 bits per heavy atom. The summed E-state index contributed by atoms with van der Waals surface area (Å²) >= 11 is 1.44. The fourth-order valence-electron chi connectivity index (χ4n) is 3.63. The number of nitrogens with one attached hydrogen (secondary N) is 1. The molecule has 2 aromatic carbocycles. The van der Waals surface area contributed by atoms with Crippen LogP contribution >= 0.6 is 11.3 Å². The van der Waals surface area contributed by atoms with Crippen molar-refractivity contribution in [2.75, 3.05) is 6.54 Å². The summed E-state index contributed by atoms with van der Waals surface area (Å²) in [5.41, 5.74) is 1.14. The van der Waals surface area contributed by atoms with E-state index in [-0.39, 0.29) is 31.2 Å². The van der Waals surface area contributed by atoms with Crippen LogP contribution in [-0.2, 0) is 32.1 Å². The molecule has 0 saturated carbocycles. The van der Waals surface area contributed by atoms with Gasteiger partial charge in [0.05, 0.1) is 13.0 Å². The van der Waals surface area contributed by atoms with Crippen molar-refractivity contribution in [3.05, 3.63) is 88.1 Å². The van der Waals surface area contributed by atoms with Crippen LogP contribution in [0.2, 0.25) is 0 Å². The lowest BCUT2D eigenvalue weighted by atomic mass is 9.98. The second-order valence-electron chi connectivity index (χ2n) is 7.80. The van der Waals surface area contributed by atoms with Gasteiger partial charge in [0.1, 0.15) is 18.4 Å². The van der Waals surface area contributed by atoms with E-state index in [2.05, 4.69) is 5.32 Å². The molecule has 2 N–H and O–H groups in total. The lowest BCUT2D eigenvalue weighted by Gasteiger charge is -2.42. The van der Waals surface area contributed by atoms with Crippen molar-refractivity contribution in [3.8, 4) is 5.75 Å². The van der Waals surface area contributed by atoms with Crippen molar-refractivity contribution in [3.63, 3.8) is 0 Å². The minimum atomic E-state index is -1.23. The molecule has 1 saturated heterocycles. The van der Waals surface area contributed by atoms with Gasteiger partial charge in [-0.2, -0.15) is 0 Å². The molecule has 10 heteroatoms. The van der Waals surface area contributed by atoms with E-state index in [1.807, 2.05) is 47.8 Å². The van der Waals surface area contributed by atoms with Gasteiger partial charge in [0.2, 0.25) is 11.8 Å². The molecule has 1 aliphatic heterocycles. The molecule has 35 heavy (non-hydrogen) atoms. The average molecular weight is 495 g/mol. The number of aliphatic carboxylic acids is 1. The second kappa shape index (κ2) is 10.8. The third-order valence-corrected chi connectivity index (χ3v) is 6.23. The maximum Gasteiger partial charge on any atom is 0.514 e. The van der Waals surface area contributed by atoms with E-state index in [0.29, 0.717) is 5.56 Å². The number of carbonyl (C=O) groups is 4. The molecule has 3 aromatic rings. The molecule has 0 radical (unpaired) electrons. The number of β-lactam (4-membered cyclic amide) rings is 1. The highest BCUT2D eigenvalue weighted by atomic mass is 32.1. The quantitative estimate of drug-likeness (QED) is 0.266. The molecule has 9 nitrogen and oxygen atoms in total. The molecule has 1 aliphatic rings. The first-order valence-electron chi connectivity index (χ1n) is 10.7. The van der Waals surface area contributed by atoms with Crippen LogP contribution in [0.25, 0.3) is 0 Å². The number of hydrogen-bond donors (Lipinski definition) is 2. The zero-order valence-electron chi connectivity index (χ0n) is 18.5. The summed E-state index contributed by atoms with van der Waals surface area (Å²) in [5.74, 6) is -1.80. The topological polar surface area (TPSA) is 122 Å². The molecule has 180 valence electrons. The minimum absolute atomic E-state index is 0.0565. The van der Waals surface area contributed by atoms with Gasteiger partial charge in [-0.1, -0.05) is 48.5 Å². The van der Waals surface area contributed by atoms with Gasteiger partial charge in [-0.25, -0.2) is 9.59 Å². The summed E-state index contributed by atoms with van der Waals surface area (Å²) in [6.45, 7) is 0.136. The van der Waals surface area contributed by atoms with E-state index in [0.717, 1.165) is 10.4 Å². The van der Waals surface area contributed by atoms with Gasteiger partial charge < -0.3 is 24.8 Å². The van der Waals surface area contributed by atoms with Gasteiger partial charge in [-0.15, -0.1) is 11.3 Å². The third kappa shape index (κ3) is 6.04. The molecular formula is C25H22N2O7S. The van der Waals surface area contributed by atoms with Crippen LogP contribution in [0.4, 0.5) is 4.79 Å². The molecule has 1 aromatic heterocycles. The van der Waals surface area contributed by atoms with E-state index in [1.165, 1.54) is 40.5 Å². The van der Waals surface area contributed by atoms with Crippen molar-refractivity contribution in [1.82, 2.24) is 10.2 Å². The number of hydrogen-bond acceptors (Lipinski definition) is 7. The van der Waals surface area contributed by atoms with Gasteiger partial charge in [0.25, 0.3) is 0 Å². The van der Waals surface area contributed by atoms with Crippen LogP contribution in [-0.4, -0.2) is 46.5 Å². The maximum absolute atomic E-state index is 12.6. The molecule has 0 aliphatic carbocycles. The van der Waals surface area contributed by atoms with Gasteiger partial charge in [-0.05, 0) is 34.7 Å². The Balaban J connectivity index is 1.31. The van der Waals surface area contributed by atoms with Crippen LogP contribution in [0.5, 0.6) is 5.75 Å². The molecule has 0 bridgehead atoms. The van der Waals surface area contributed by atoms with Gasteiger partial charge >= 0.3 is 12.1 Å². The van der Waals surface area contributed by atoms with Crippen LogP contribution in [0.1, 0.15) is 22.0 Å². The highest BCUT2D eigenvalue weighted by Gasteiger charge is 2.44. The van der Waals surface area contributed by atoms with Crippen molar-refractivity contribution < 1.29 is 33.8 Å². The third-order valence-electron chi connectivity index (χ3n) is 5.35. The number of carboxylic acid groups (broad SMARTS) is 1. The number of benzene rings is 2. The number of amides is 2. The molecule has 2 unspecified atom stereocenters. The fraction of sp³-hybridized carbons (Fsp3) is 0.200. The van der Waals surface area contributed by atoms with E-state index in [1.54, 1.807) is 0 Å². The first kappa shape index (κ1) is 24.0. The van der Waals surface area contributed by atoms with Gasteiger partial charge in [-0.3, -0.25) is 9.59 Å². The molecule has 1 fully saturated rings. The average Bonchev–Trinajstić information content (AvgIpc) is 3.36. The number of nitrogens with zero attached hydrogens (tertiary/aromatic N) is 1. The van der Waals surface area contributed by atoms with Crippen LogP contribution in [0, 0.1) is 0 Å². The molecule has 2 heterocycles. The zero-order valence-corrected chi connectivity index (χ0v) is 19.3. The van der Waals surface area contributed by atoms with Gasteiger partial charge in [0, 0.05) is 4.88 Å². The first-order chi connectivity index (χ1) is 16.9. The number of carbonyl (C=O) groups excluding carboxylic acids is 3. The molecule has 2 atom stereocenters. The lowest BCUT2D eigenvalue weighted by molar-refractivity contribution is -0.160. The number of rotatable bonds is 9. The predicted molar refractivity (Wildman–Crippen MR) is 126 cm³/mol. The van der Waals surface area contributed by atoms with E-state index in [9.17, 15) is 24.3 Å². The molecular weight excluding hydrogens is 472 g/mol. The normalized spacial score (nSPS) is 15.6. The zero-order chi connectivity index (χ0) is 24.8. The van der Waals surface area contributed by atoms with Crippen LogP contribution in [0.3, 0.4) is 0 Å². The Kier molecular flexibility index (Phi) is 7.41. The summed E-state index contributed by atoms with van der Waals surface area (Å²) < 4.78 is 10.2. The predicted octanol–water partition coefficient (Wildman–Crippen LogP) is 3.16. The summed E-state index contributed by atoms with van der Waals surface area (Å²) in [4.78, 5) is 50.6. The second-order valence-corrected chi connectivity index (χ2v) is 8.84. The van der Waals surface area contributed by atoms with Crippen molar-refractivity contribution in [2.45, 2.75) is 25.1 Å². The lowest BCUT2D eigenvalue weighted by Crippen LogP contribution is -2.65. The number of ether oxygens (including phenoxy) is 2. The summed E-state index contributed by atoms with van der Waals surface area (Å²) in [6, 6.07) is 16.6. The Morgan fingerprint density at radius 3 is 2.43 bits per heavy atom. The van der Waals surface area contributed by atoms with Crippen LogP contribution in [0.15, 0.2) is 72.1 Å². The summed E-state index contributed by atoms with van der Waals surface area (Å²) in [5, 5.41) is 14.2. The number of carboxylic acids is 1. The largest absolute Gasteiger partial charge is 0.514 e. The standard InChI is InChI=1S/C25H22N2O7S/c28-21(13-19-7-4-12-35-19)26-20-14-27(23(20)29)22(24(30)31)17-8-10-18(11-9-17)34-25(32)33-15-16-5-2-1-3-6-16/h1-12,20,22H,13-15H2,(H,26,28)(H,30,31). The number of likely N-dealkylation sites (tertiary alicyclic amines) is 1. The first-order valence-corrected chi connectivity index (χ1v) is 11.6.